The van der Waals surface area contributed by atoms with Crippen LogP contribution in [0.2, 0.25) is 0 Å². The third-order valence-electron chi connectivity index (χ3n) is 2.06. The summed E-state index contributed by atoms with van der Waals surface area (Å²) in [5.74, 6) is 0.0314. The van der Waals surface area contributed by atoms with Crippen LogP contribution < -0.4 is 10.6 Å². The van der Waals surface area contributed by atoms with E-state index in [0.717, 1.165) is 16.7 Å². The number of rotatable bonds is 7. The molecule has 2 N–H and O–H groups in total. The number of carbonyl (C=O) groups is 1. The number of nitrogens with zero attached hydrogens (tertiary/aromatic N) is 3. The molecule has 0 spiro atoms. The van der Waals surface area contributed by atoms with Gasteiger partial charge < -0.3 is 10.6 Å². The summed E-state index contributed by atoms with van der Waals surface area (Å²) in [6, 6.07) is 0.174. The first-order chi connectivity index (χ1) is 8.51. The minimum atomic E-state index is 0.0314. The van der Waals surface area contributed by atoms with E-state index in [2.05, 4.69) is 20.8 Å². The highest BCUT2D eigenvalue weighted by Gasteiger charge is 2.10. The standard InChI is InChI=1S/C11H21N5OS/c1-5-12-11-15-14-10(18-11)7-16(4)6-9(17)13-8(2)3/h8H,5-7H2,1-4H3,(H,12,15)(H,13,17). The van der Waals surface area contributed by atoms with E-state index in [4.69, 9.17) is 0 Å². The van der Waals surface area contributed by atoms with Gasteiger partial charge >= 0.3 is 0 Å². The van der Waals surface area contributed by atoms with Gasteiger partial charge in [-0.1, -0.05) is 11.3 Å². The van der Waals surface area contributed by atoms with Crippen LogP contribution in [0.3, 0.4) is 0 Å². The van der Waals surface area contributed by atoms with E-state index < -0.39 is 0 Å². The predicted octanol–water partition coefficient (Wildman–Crippen LogP) is 0.926. The molecule has 102 valence electrons. The van der Waals surface area contributed by atoms with Gasteiger partial charge in [-0.3, -0.25) is 9.69 Å². The highest BCUT2D eigenvalue weighted by Crippen LogP contribution is 2.15. The number of likely N-dealkylation sites (N-methyl/N-ethyl adjacent to an activating group) is 1. The van der Waals surface area contributed by atoms with Gasteiger partial charge in [-0.15, -0.1) is 10.2 Å². The van der Waals surface area contributed by atoms with Crippen LogP contribution in [-0.4, -0.2) is 47.2 Å². The lowest BCUT2D eigenvalue weighted by Crippen LogP contribution is -2.38. The first-order valence-corrected chi connectivity index (χ1v) is 6.87. The van der Waals surface area contributed by atoms with Crippen molar-refractivity contribution in [1.29, 1.82) is 0 Å². The van der Waals surface area contributed by atoms with Gasteiger partial charge in [0.05, 0.1) is 13.1 Å². The molecule has 0 radical (unpaired) electrons. The minimum absolute atomic E-state index is 0.0314. The first-order valence-electron chi connectivity index (χ1n) is 6.05. The molecule has 0 saturated carbocycles. The molecular formula is C11H21N5OS. The summed E-state index contributed by atoms with van der Waals surface area (Å²) in [5, 5.41) is 15.8. The Morgan fingerprint density at radius 1 is 1.44 bits per heavy atom. The third kappa shape index (κ3) is 5.42. The summed E-state index contributed by atoms with van der Waals surface area (Å²) in [5.41, 5.74) is 0. The molecule has 0 aliphatic carbocycles. The lowest BCUT2D eigenvalue weighted by molar-refractivity contribution is -0.122. The quantitative estimate of drug-likeness (QED) is 0.772. The molecule has 0 aromatic carbocycles. The van der Waals surface area contributed by atoms with E-state index in [-0.39, 0.29) is 11.9 Å². The highest BCUT2D eigenvalue weighted by atomic mass is 32.1. The van der Waals surface area contributed by atoms with Gasteiger partial charge in [-0.25, -0.2) is 0 Å². The molecule has 0 bridgehead atoms. The van der Waals surface area contributed by atoms with Crippen molar-refractivity contribution in [3.05, 3.63) is 5.01 Å². The average Bonchev–Trinajstić information content (AvgIpc) is 2.64. The summed E-state index contributed by atoms with van der Waals surface area (Å²) in [7, 11) is 1.90. The molecule has 0 aliphatic heterocycles. The second kappa shape index (κ2) is 7.27. The van der Waals surface area contributed by atoms with Gasteiger partial charge in [-0.2, -0.15) is 0 Å². The molecule has 1 heterocycles. The maximum Gasteiger partial charge on any atom is 0.234 e. The van der Waals surface area contributed by atoms with E-state index in [1.165, 1.54) is 11.3 Å². The SMILES string of the molecule is CCNc1nnc(CN(C)CC(=O)NC(C)C)s1. The zero-order valence-electron chi connectivity index (χ0n) is 11.4. The van der Waals surface area contributed by atoms with Crippen LogP contribution >= 0.6 is 11.3 Å². The molecule has 18 heavy (non-hydrogen) atoms. The Hall–Kier alpha value is -1.21. The number of hydrogen-bond donors (Lipinski definition) is 2. The summed E-state index contributed by atoms with van der Waals surface area (Å²) in [4.78, 5) is 13.5. The molecule has 1 rings (SSSR count). The third-order valence-corrected chi connectivity index (χ3v) is 2.93. The molecule has 0 fully saturated rings. The molecule has 0 aliphatic rings. The number of amides is 1. The van der Waals surface area contributed by atoms with Crippen molar-refractivity contribution < 1.29 is 4.79 Å². The van der Waals surface area contributed by atoms with Gasteiger partial charge in [0.25, 0.3) is 0 Å². The van der Waals surface area contributed by atoms with Crippen molar-refractivity contribution in [3.63, 3.8) is 0 Å². The molecule has 7 heteroatoms. The van der Waals surface area contributed by atoms with E-state index in [1.54, 1.807) is 0 Å². The van der Waals surface area contributed by atoms with Crippen LogP contribution in [0.5, 0.6) is 0 Å². The predicted molar refractivity (Wildman–Crippen MR) is 73.7 cm³/mol. The molecule has 1 aromatic heterocycles. The van der Waals surface area contributed by atoms with Crippen LogP contribution in [0.25, 0.3) is 0 Å². The molecule has 0 atom stereocenters. The molecule has 6 nitrogen and oxygen atoms in total. The van der Waals surface area contributed by atoms with Crippen LogP contribution in [-0.2, 0) is 11.3 Å². The Kier molecular flexibility index (Phi) is 6.00. The van der Waals surface area contributed by atoms with Crippen molar-refractivity contribution in [1.82, 2.24) is 20.4 Å². The molecule has 1 amide bonds. The molecule has 0 unspecified atom stereocenters. The highest BCUT2D eigenvalue weighted by molar-refractivity contribution is 7.15. The van der Waals surface area contributed by atoms with E-state index >= 15 is 0 Å². The fraction of sp³-hybridized carbons (Fsp3) is 0.727. The van der Waals surface area contributed by atoms with Gasteiger partial charge in [0.2, 0.25) is 11.0 Å². The second-order valence-corrected chi connectivity index (χ2v) is 5.49. The molecule has 0 saturated heterocycles. The smallest absolute Gasteiger partial charge is 0.234 e. The second-order valence-electron chi connectivity index (χ2n) is 4.43. The summed E-state index contributed by atoms with van der Waals surface area (Å²) >= 11 is 1.52. The Morgan fingerprint density at radius 3 is 2.78 bits per heavy atom. The number of aromatic nitrogens is 2. The fourth-order valence-electron chi connectivity index (χ4n) is 1.44. The number of nitrogens with one attached hydrogen (secondary N) is 2. The average molecular weight is 271 g/mol. The van der Waals surface area contributed by atoms with Crippen LogP contribution in [0.4, 0.5) is 5.13 Å². The van der Waals surface area contributed by atoms with Crippen molar-refractivity contribution >= 4 is 22.4 Å². The lowest BCUT2D eigenvalue weighted by atomic mass is 10.4. The summed E-state index contributed by atoms with van der Waals surface area (Å²) in [6.45, 7) is 7.75. The van der Waals surface area contributed by atoms with Crippen LogP contribution in [0, 0.1) is 0 Å². The number of carbonyl (C=O) groups excluding carboxylic acids is 1. The lowest BCUT2D eigenvalue weighted by Gasteiger charge is -2.15. The molecule has 1 aromatic rings. The van der Waals surface area contributed by atoms with Crippen molar-refractivity contribution in [2.45, 2.75) is 33.4 Å². The van der Waals surface area contributed by atoms with E-state index in [9.17, 15) is 4.79 Å². The fourth-order valence-corrected chi connectivity index (χ4v) is 2.33. The minimum Gasteiger partial charge on any atom is -0.360 e. The van der Waals surface area contributed by atoms with Gasteiger partial charge in [0.1, 0.15) is 5.01 Å². The van der Waals surface area contributed by atoms with Crippen molar-refractivity contribution in [3.8, 4) is 0 Å². The van der Waals surface area contributed by atoms with Gasteiger partial charge in [-0.05, 0) is 27.8 Å². The van der Waals surface area contributed by atoms with E-state index in [0.29, 0.717) is 13.1 Å². The normalized spacial score (nSPS) is 11.0. The van der Waals surface area contributed by atoms with Crippen molar-refractivity contribution in [2.75, 3.05) is 25.5 Å². The topological polar surface area (TPSA) is 70.2 Å². The summed E-state index contributed by atoms with van der Waals surface area (Å²) in [6.07, 6.45) is 0. The monoisotopic (exact) mass is 271 g/mol. The summed E-state index contributed by atoms with van der Waals surface area (Å²) < 4.78 is 0. The van der Waals surface area contributed by atoms with E-state index in [1.807, 2.05) is 32.7 Å². The van der Waals surface area contributed by atoms with Crippen LogP contribution in [0.1, 0.15) is 25.8 Å². The zero-order chi connectivity index (χ0) is 13.5. The Morgan fingerprint density at radius 2 is 2.17 bits per heavy atom. The Bertz CT molecular complexity index is 379. The Labute approximate surface area is 112 Å². The maximum atomic E-state index is 11.6. The number of anilines is 1. The van der Waals surface area contributed by atoms with Crippen LogP contribution in [0.15, 0.2) is 0 Å². The largest absolute Gasteiger partial charge is 0.360 e. The van der Waals surface area contributed by atoms with Gasteiger partial charge in [0, 0.05) is 12.6 Å². The van der Waals surface area contributed by atoms with Gasteiger partial charge in [0.15, 0.2) is 0 Å². The Balaban J connectivity index is 2.38. The number of hydrogen-bond acceptors (Lipinski definition) is 6. The maximum absolute atomic E-state index is 11.6. The zero-order valence-corrected chi connectivity index (χ0v) is 12.2. The molecular weight excluding hydrogens is 250 g/mol. The van der Waals surface area contributed by atoms with Crippen molar-refractivity contribution in [2.24, 2.45) is 0 Å². The first kappa shape index (κ1) is 14.8.